The highest BCUT2D eigenvalue weighted by molar-refractivity contribution is 5.89. The average Bonchev–Trinajstić information content (AvgIpc) is 3.22. The lowest BCUT2D eigenvalue weighted by Crippen LogP contribution is -2.40. The molecule has 0 atom stereocenters. The molecule has 1 aromatic heterocycles. The molecule has 6 heteroatoms. The molecule has 122 valence electrons. The summed E-state index contributed by atoms with van der Waals surface area (Å²) in [5.74, 6) is 0.994. The fourth-order valence-electron chi connectivity index (χ4n) is 3.15. The number of hydrogen-bond donors (Lipinski definition) is 1. The molecule has 1 saturated carbocycles. The lowest BCUT2D eigenvalue weighted by Gasteiger charge is -2.27. The number of carbonyl (C=O) groups is 1. The molecule has 0 aliphatic heterocycles. The standard InChI is InChI=1S/C17H21N3O3/c1-12-19-16(20-23-12)17(8-3-4-9-17)18-11-13-6-5-7-14(10-13)15(21)22-2/h5-7,10,18H,3-4,8-9,11H2,1-2H3. The van der Waals surface area contributed by atoms with E-state index in [-0.39, 0.29) is 11.5 Å². The number of esters is 1. The minimum absolute atomic E-state index is 0.237. The van der Waals surface area contributed by atoms with E-state index in [0.29, 0.717) is 18.0 Å². The van der Waals surface area contributed by atoms with Gasteiger partial charge < -0.3 is 14.6 Å². The summed E-state index contributed by atoms with van der Waals surface area (Å²) >= 11 is 0. The Bertz CT molecular complexity index is 690. The van der Waals surface area contributed by atoms with Crippen LogP contribution in [0.15, 0.2) is 28.8 Å². The largest absolute Gasteiger partial charge is 0.465 e. The highest BCUT2D eigenvalue weighted by Gasteiger charge is 2.39. The first-order chi connectivity index (χ1) is 11.1. The smallest absolute Gasteiger partial charge is 0.337 e. The van der Waals surface area contributed by atoms with E-state index >= 15 is 0 Å². The summed E-state index contributed by atoms with van der Waals surface area (Å²) in [5.41, 5.74) is 1.35. The Balaban J connectivity index is 1.76. The fraction of sp³-hybridized carbons (Fsp3) is 0.471. The van der Waals surface area contributed by atoms with Gasteiger partial charge in [-0.25, -0.2) is 4.79 Å². The first-order valence-electron chi connectivity index (χ1n) is 7.86. The van der Waals surface area contributed by atoms with Crippen molar-refractivity contribution in [3.8, 4) is 0 Å². The summed E-state index contributed by atoms with van der Waals surface area (Å²) in [6.07, 6.45) is 4.26. The maximum absolute atomic E-state index is 11.6. The van der Waals surface area contributed by atoms with E-state index in [1.165, 1.54) is 7.11 Å². The van der Waals surface area contributed by atoms with Gasteiger partial charge in [0, 0.05) is 13.5 Å². The minimum atomic E-state index is -0.323. The highest BCUT2D eigenvalue weighted by atomic mass is 16.5. The van der Waals surface area contributed by atoms with Gasteiger partial charge in [-0.3, -0.25) is 0 Å². The molecule has 3 rings (SSSR count). The van der Waals surface area contributed by atoms with Crippen LogP contribution in [0, 0.1) is 6.92 Å². The van der Waals surface area contributed by atoms with Crippen LogP contribution in [0.2, 0.25) is 0 Å². The van der Waals surface area contributed by atoms with Gasteiger partial charge in [0.1, 0.15) is 0 Å². The number of aryl methyl sites for hydroxylation is 1. The second-order valence-corrected chi connectivity index (χ2v) is 5.97. The number of nitrogens with one attached hydrogen (secondary N) is 1. The van der Waals surface area contributed by atoms with E-state index in [1.54, 1.807) is 13.0 Å². The number of methoxy groups -OCH3 is 1. The van der Waals surface area contributed by atoms with Crippen molar-refractivity contribution in [1.29, 1.82) is 0 Å². The number of ether oxygens (including phenoxy) is 1. The molecule has 1 aliphatic carbocycles. The zero-order valence-corrected chi connectivity index (χ0v) is 13.5. The Morgan fingerprint density at radius 2 is 2.17 bits per heavy atom. The van der Waals surface area contributed by atoms with Gasteiger partial charge in [0.25, 0.3) is 0 Å². The van der Waals surface area contributed by atoms with E-state index in [1.807, 2.05) is 18.2 Å². The van der Waals surface area contributed by atoms with Crippen molar-refractivity contribution in [3.05, 3.63) is 47.1 Å². The molecule has 0 spiro atoms. The molecule has 1 fully saturated rings. The molecule has 1 heterocycles. The van der Waals surface area contributed by atoms with Crippen LogP contribution in [0.3, 0.4) is 0 Å². The van der Waals surface area contributed by atoms with Crippen molar-refractivity contribution in [2.75, 3.05) is 7.11 Å². The lowest BCUT2D eigenvalue weighted by atomic mass is 9.96. The monoisotopic (exact) mass is 315 g/mol. The number of carbonyl (C=O) groups excluding carboxylic acids is 1. The maximum atomic E-state index is 11.6. The van der Waals surface area contributed by atoms with E-state index in [0.717, 1.165) is 37.1 Å². The maximum Gasteiger partial charge on any atom is 0.337 e. The molecule has 1 aromatic carbocycles. The average molecular weight is 315 g/mol. The van der Waals surface area contributed by atoms with E-state index in [2.05, 4.69) is 15.5 Å². The van der Waals surface area contributed by atoms with E-state index in [9.17, 15) is 4.79 Å². The molecular formula is C17H21N3O3. The molecule has 0 saturated heterocycles. The predicted octanol–water partition coefficient (Wildman–Crippen LogP) is 2.72. The third-order valence-electron chi connectivity index (χ3n) is 4.39. The molecule has 1 N–H and O–H groups in total. The van der Waals surface area contributed by atoms with Crippen molar-refractivity contribution < 1.29 is 14.1 Å². The molecule has 0 bridgehead atoms. The number of nitrogens with zero attached hydrogens (tertiary/aromatic N) is 2. The highest BCUT2D eigenvalue weighted by Crippen LogP contribution is 2.37. The number of aromatic nitrogens is 2. The van der Waals surface area contributed by atoms with E-state index in [4.69, 9.17) is 9.26 Å². The summed E-state index contributed by atoms with van der Waals surface area (Å²) in [5, 5.41) is 7.71. The first-order valence-corrected chi connectivity index (χ1v) is 7.86. The first kappa shape index (κ1) is 15.7. The van der Waals surface area contributed by atoms with Crippen molar-refractivity contribution in [2.45, 2.75) is 44.7 Å². The minimum Gasteiger partial charge on any atom is -0.465 e. The zero-order chi connectivity index (χ0) is 16.3. The lowest BCUT2D eigenvalue weighted by molar-refractivity contribution is 0.0600. The second kappa shape index (κ2) is 6.50. The molecule has 0 radical (unpaired) electrons. The van der Waals surface area contributed by atoms with Crippen LogP contribution in [0.5, 0.6) is 0 Å². The van der Waals surface area contributed by atoms with Gasteiger partial charge in [-0.15, -0.1) is 0 Å². The quantitative estimate of drug-likeness (QED) is 0.855. The van der Waals surface area contributed by atoms with Crippen LogP contribution in [0.4, 0.5) is 0 Å². The number of benzene rings is 1. The zero-order valence-electron chi connectivity index (χ0n) is 13.5. The summed E-state index contributed by atoms with van der Waals surface area (Å²) in [6, 6.07) is 7.46. The SMILES string of the molecule is COC(=O)c1cccc(CNC2(c3noc(C)n3)CCCC2)c1. The normalized spacial score (nSPS) is 16.4. The molecule has 0 amide bonds. The number of hydrogen-bond acceptors (Lipinski definition) is 6. The van der Waals surface area contributed by atoms with Crippen molar-refractivity contribution in [2.24, 2.45) is 0 Å². The Morgan fingerprint density at radius 3 is 2.83 bits per heavy atom. The van der Waals surface area contributed by atoms with Gasteiger partial charge in [-0.05, 0) is 30.5 Å². The Hall–Kier alpha value is -2.21. The Kier molecular flexibility index (Phi) is 4.43. The van der Waals surface area contributed by atoms with Crippen LogP contribution in [0.25, 0.3) is 0 Å². The summed E-state index contributed by atoms with van der Waals surface area (Å²) in [4.78, 5) is 16.1. The van der Waals surface area contributed by atoms with Gasteiger partial charge in [0.05, 0.1) is 18.2 Å². The van der Waals surface area contributed by atoms with Gasteiger partial charge in [-0.2, -0.15) is 4.98 Å². The molecule has 23 heavy (non-hydrogen) atoms. The third-order valence-corrected chi connectivity index (χ3v) is 4.39. The predicted molar refractivity (Wildman–Crippen MR) is 83.8 cm³/mol. The summed E-state index contributed by atoms with van der Waals surface area (Å²) in [7, 11) is 1.39. The topological polar surface area (TPSA) is 77.2 Å². The Morgan fingerprint density at radius 1 is 1.39 bits per heavy atom. The third kappa shape index (κ3) is 3.27. The molecule has 0 unspecified atom stereocenters. The van der Waals surface area contributed by atoms with Crippen molar-refractivity contribution >= 4 is 5.97 Å². The van der Waals surface area contributed by atoms with Crippen molar-refractivity contribution in [3.63, 3.8) is 0 Å². The van der Waals surface area contributed by atoms with Crippen LogP contribution >= 0.6 is 0 Å². The molecule has 1 aliphatic rings. The van der Waals surface area contributed by atoms with Gasteiger partial charge in [0.15, 0.2) is 5.82 Å². The fourth-order valence-corrected chi connectivity index (χ4v) is 3.15. The van der Waals surface area contributed by atoms with E-state index < -0.39 is 0 Å². The van der Waals surface area contributed by atoms with Gasteiger partial charge in [-0.1, -0.05) is 30.1 Å². The van der Waals surface area contributed by atoms with Crippen LogP contribution in [0.1, 0.15) is 53.3 Å². The second-order valence-electron chi connectivity index (χ2n) is 5.97. The Labute approximate surface area is 135 Å². The van der Waals surface area contributed by atoms with Crippen LogP contribution in [-0.2, 0) is 16.8 Å². The van der Waals surface area contributed by atoms with Crippen LogP contribution < -0.4 is 5.32 Å². The molecule has 2 aromatic rings. The molecule has 6 nitrogen and oxygen atoms in total. The molecular weight excluding hydrogens is 294 g/mol. The van der Waals surface area contributed by atoms with Gasteiger partial charge >= 0.3 is 5.97 Å². The van der Waals surface area contributed by atoms with Crippen LogP contribution in [-0.4, -0.2) is 23.2 Å². The summed E-state index contributed by atoms with van der Waals surface area (Å²) < 4.78 is 9.93. The number of rotatable bonds is 5. The van der Waals surface area contributed by atoms with Gasteiger partial charge in [0.2, 0.25) is 5.89 Å². The van der Waals surface area contributed by atoms with Crippen molar-refractivity contribution in [1.82, 2.24) is 15.5 Å². The summed E-state index contributed by atoms with van der Waals surface area (Å²) in [6.45, 7) is 2.44.